The maximum atomic E-state index is 10.7. The molecule has 0 heterocycles. The van der Waals surface area contributed by atoms with Crippen LogP contribution < -0.4 is 0 Å². The summed E-state index contributed by atoms with van der Waals surface area (Å²) in [6.07, 6.45) is 9.72. The van der Waals surface area contributed by atoms with Crippen LogP contribution in [0.1, 0.15) is 47.0 Å². The molecule has 0 spiro atoms. The molecule has 0 aliphatic rings. The van der Waals surface area contributed by atoms with Gasteiger partial charge in [-0.25, -0.2) is 0 Å². The van der Waals surface area contributed by atoms with Crippen molar-refractivity contribution in [2.75, 3.05) is 0 Å². The third kappa shape index (κ3) is 8.11. The molecule has 2 heteroatoms. The van der Waals surface area contributed by atoms with Gasteiger partial charge in [0.05, 0.1) is 0 Å². The molecule has 0 saturated carbocycles. The Bertz CT molecular complexity index is 282. The molecule has 0 aromatic rings. The second-order valence-electron chi connectivity index (χ2n) is 4.49. The summed E-state index contributed by atoms with van der Waals surface area (Å²) < 4.78 is 4.96. The lowest BCUT2D eigenvalue weighted by Gasteiger charge is -2.10. The van der Waals surface area contributed by atoms with E-state index in [1.54, 1.807) is 0 Å². The minimum atomic E-state index is -0.388. The average Bonchev–Trinajstić information content (AvgIpc) is 2.14. The van der Waals surface area contributed by atoms with E-state index < -0.39 is 0 Å². The predicted octanol–water partition coefficient (Wildman–Crippen LogP) is 3.32. The molecule has 1 unspecified atom stereocenters. The molecule has 0 aromatic carbocycles. The van der Waals surface area contributed by atoms with E-state index in [1.165, 1.54) is 12.5 Å². The lowest BCUT2D eigenvalue weighted by atomic mass is 10.0. The van der Waals surface area contributed by atoms with E-state index in [4.69, 9.17) is 11.2 Å². The number of carbonyl (C=O) groups is 1. The predicted molar refractivity (Wildman–Crippen MR) is 66.8 cm³/mol. The number of allylic oxidation sites excluding steroid dienone is 2. The molecule has 0 aromatic heterocycles. The summed E-state index contributed by atoms with van der Waals surface area (Å²) in [6, 6.07) is 0. The maximum Gasteiger partial charge on any atom is 0.303 e. The number of terminal acetylenes is 1. The van der Waals surface area contributed by atoms with E-state index in [0.717, 1.165) is 12.8 Å². The Balaban J connectivity index is 3.95. The van der Waals surface area contributed by atoms with E-state index in [0.29, 0.717) is 12.3 Å². The Kier molecular flexibility index (Phi) is 7.37. The minimum Gasteiger partial charge on any atom is -0.449 e. The first kappa shape index (κ1) is 14.8. The molecule has 1 atom stereocenters. The van der Waals surface area contributed by atoms with Gasteiger partial charge in [0.1, 0.15) is 0 Å². The average molecular weight is 222 g/mol. The van der Waals surface area contributed by atoms with Crippen molar-refractivity contribution in [1.82, 2.24) is 0 Å². The third-order valence-corrected chi connectivity index (χ3v) is 2.15. The summed E-state index contributed by atoms with van der Waals surface area (Å²) in [4.78, 5) is 10.7. The van der Waals surface area contributed by atoms with Gasteiger partial charge in [0.25, 0.3) is 0 Å². The molecule has 0 N–H and O–H groups in total. The van der Waals surface area contributed by atoms with Gasteiger partial charge in [-0.1, -0.05) is 31.4 Å². The van der Waals surface area contributed by atoms with Crippen LogP contribution >= 0.6 is 0 Å². The van der Waals surface area contributed by atoms with Gasteiger partial charge < -0.3 is 4.74 Å². The van der Waals surface area contributed by atoms with Crippen LogP contribution in [-0.2, 0) is 9.53 Å². The monoisotopic (exact) mass is 222 g/mol. The lowest BCUT2D eigenvalue weighted by Crippen LogP contribution is -2.13. The number of hydrogen-bond acceptors (Lipinski definition) is 2. The standard InChI is InChI=1S/C14H22O2/c1-6-14(16-13(5)15)9-7-8-12(4)10-11(2)3/h1,8,11,14H,7,9-10H2,2-5H3. The first-order valence-electron chi connectivity index (χ1n) is 5.74. The quantitative estimate of drug-likeness (QED) is 0.391. The second-order valence-corrected chi connectivity index (χ2v) is 4.49. The van der Waals surface area contributed by atoms with Crippen LogP contribution in [0, 0.1) is 18.3 Å². The highest BCUT2D eigenvalue weighted by molar-refractivity contribution is 5.66. The fourth-order valence-corrected chi connectivity index (χ4v) is 1.59. The van der Waals surface area contributed by atoms with Gasteiger partial charge in [-0.3, -0.25) is 4.79 Å². The first-order chi connectivity index (χ1) is 7.45. The Morgan fingerprint density at radius 1 is 1.44 bits per heavy atom. The van der Waals surface area contributed by atoms with Crippen LogP contribution in [0.15, 0.2) is 11.6 Å². The molecule has 0 rings (SSSR count). The van der Waals surface area contributed by atoms with Gasteiger partial charge in [-0.2, -0.15) is 0 Å². The molecule has 0 radical (unpaired) electrons. The molecule has 0 bridgehead atoms. The highest BCUT2D eigenvalue weighted by Gasteiger charge is 2.06. The Morgan fingerprint density at radius 2 is 2.06 bits per heavy atom. The van der Waals surface area contributed by atoms with E-state index in [-0.39, 0.29) is 12.1 Å². The van der Waals surface area contributed by atoms with Gasteiger partial charge >= 0.3 is 5.97 Å². The summed E-state index contributed by atoms with van der Waals surface area (Å²) in [5, 5.41) is 0. The van der Waals surface area contributed by atoms with Gasteiger partial charge in [0, 0.05) is 6.92 Å². The number of rotatable bonds is 6. The van der Waals surface area contributed by atoms with Crippen molar-refractivity contribution in [2.24, 2.45) is 5.92 Å². The second kappa shape index (κ2) is 7.98. The summed E-state index contributed by atoms with van der Waals surface area (Å²) >= 11 is 0. The highest BCUT2D eigenvalue weighted by atomic mass is 16.5. The van der Waals surface area contributed by atoms with Crippen molar-refractivity contribution in [2.45, 2.75) is 53.1 Å². The molecule has 16 heavy (non-hydrogen) atoms. The van der Waals surface area contributed by atoms with Crippen LogP contribution in [0.2, 0.25) is 0 Å². The number of esters is 1. The fourth-order valence-electron chi connectivity index (χ4n) is 1.59. The van der Waals surface area contributed by atoms with E-state index in [1.807, 2.05) is 0 Å². The SMILES string of the molecule is C#CC(CCC=C(C)CC(C)C)OC(C)=O. The van der Waals surface area contributed by atoms with Crippen LogP contribution in [0.25, 0.3) is 0 Å². The van der Waals surface area contributed by atoms with Crippen LogP contribution in [0.3, 0.4) is 0 Å². The van der Waals surface area contributed by atoms with Crippen molar-refractivity contribution in [1.29, 1.82) is 0 Å². The summed E-state index contributed by atoms with van der Waals surface area (Å²) in [5.74, 6) is 2.84. The van der Waals surface area contributed by atoms with Crippen LogP contribution in [-0.4, -0.2) is 12.1 Å². The largest absolute Gasteiger partial charge is 0.449 e. The molecule has 90 valence electrons. The third-order valence-electron chi connectivity index (χ3n) is 2.15. The molecule has 0 amide bonds. The van der Waals surface area contributed by atoms with Crippen molar-refractivity contribution in [3.8, 4) is 12.3 Å². The van der Waals surface area contributed by atoms with Gasteiger partial charge in [0.15, 0.2) is 6.10 Å². The smallest absolute Gasteiger partial charge is 0.303 e. The molecular formula is C14H22O2. The summed E-state index contributed by atoms with van der Waals surface area (Å²) in [5.41, 5.74) is 1.37. The van der Waals surface area contributed by atoms with Gasteiger partial charge in [-0.15, -0.1) is 6.42 Å². The Morgan fingerprint density at radius 3 is 2.50 bits per heavy atom. The van der Waals surface area contributed by atoms with Crippen LogP contribution in [0.5, 0.6) is 0 Å². The Labute approximate surface area is 99.1 Å². The molecule has 0 aliphatic carbocycles. The van der Waals surface area contributed by atoms with E-state index >= 15 is 0 Å². The molecule has 2 nitrogen and oxygen atoms in total. The molecular weight excluding hydrogens is 200 g/mol. The topological polar surface area (TPSA) is 26.3 Å². The molecule has 0 saturated heterocycles. The van der Waals surface area contributed by atoms with Gasteiger partial charge in [-0.05, 0) is 32.1 Å². The molecule has 0 aliphatic heterocycles. The number of carbonyl (C=O) groups excluding carboxylic acids is 1. The van der Waals surface area contributed by atoms with Crippen molar-refractivity contribution in [3.05, 3.63) is 11.6 Å². The normalized spacial score (nSPS) is 13.4. The zero-order valence-electron chi connectivity index (χ0n) is 10.7. The van der Waals surface area contributed by atoms with Crippen LogP contribution in [0.4, 0.5) is 0 Å². The number of hydrogen-bond donors (Lipinski definition) is 0. The minimum absolute atomic E-state index is 0.314. The van der Waals surface area contributed by atoms with E-state index in [2.05, 4.69) is 32.8 Å². The fraction of sp³-hybridized carbons (Fsp3) is 0.643. The van der Waals surface area contributed by atoms with Gasteiger partial charge in [0.2, 0.25) is 0 Å². The zero-order valence-corrected chi connectivity index (χ0v) is 10.7. The van der Waals surface area contributed by atoms with Crippen molar-refractivity contribution >= 4 is 5.97 Å². The van der Waals surface area contributed by atoms with E-state index in [9.17, 15) is 4.79 Å². The summed E-state index contributed by atoms with van der Waals surface area (Å²) in [7, 11) is 0. The highest BCUT2D eigenvalue weighted by Crippen LogP contribution is 2.12. The lowest BCUT2D eigenvalue weighted by molar-refractivity contribution is -0.143. The van der Waals surface area contributed by atoms with Crippen molar-refractivity contribution in [3.63, 3.8) is 0 Å². The molecule has 0 fully saturated rings. The Hall–Kier alpha value is -1.23. The summed E-state index contributed by atoms with van der Waals surface area (Å²) in [6.45, 7) is 7.89. The van der Waals surface area contributed by atoms with Crippen molar-refractivity contribution < 1.29 is 9.53 Å². The maximum absolute atomic E-state index is 10.7. The first-order valence-corrected chi connectivity index (χ1v) is 5.74. The zero-order chi connectivity index (χ0) is 12.6. The number of ether oxygens (including phenoxy) is 1.